The van der Waals surface area contributed by atoms with E-state index in [-0.39, 0.29) is 16.9 Å². The van der Waals surface area contributed by atoms with Gasteiger partial charge in [0.25, 0.3) is 0 Å². The van der Waals surface area contributed by atoms with Crippen molar-refractivity contribution in [1.29, 1.82) is 0 Å². The van der Waals surface area contributed by atoms with Crippen LogP contribution in [0, 0.1) is 22.7 Å². The third-order valence-corrected chi connectivity index (χ3v) is 7.41. The van der Waals surface area contributed by atoms with Gasteiger partial charge in [-0.05, 0) is 50.4 Å². The molecule has 3 fully saturated rings. The molecule has 3 heteroatoms. The van der Waals surface area contributed by atoms with Crippen LogP contribution in [-0.4, -0.2) is 30.0 Å². The monoisotopic (exact) mass is 291 g/mol. The van der Waals surface area contributed by atoms with Gasteiger partial charge in [-0.15, -0.1) is 0 Å². The van der Waals surface area contributed by atoms with Crippen LogP contribution in [0.15, 0.2) is 11.6 Å². The Balaban J connectivity index is 1.68. The van der Waals surface area contributed by atoms with Crippen LogP contribution in [-0.2, 0) is 4.74 Å². The highest BCUT2D eigenvalue weighted by molar-refractivity contribution is 5.26. The lowest BCUT2D eigenvalue weighted by atomic mass is 9.55. The highest BCUT2D eigenvalue weighted by atomic mass is 16.5. The molecule has 2 unspecified atom stereocenters. The Morgan fingerprint density at radius 3 is 2.90 bits per heavy atom. The van der Waals surface area contributed by atoms with Gasteiger partial charge in [0.05, 0.1) is 18.8 Å². The minimum atomic E-state index is -0.144. The Morgan fingerprint density at radius 2 is 2.10 bits per heavy atom. The van der Waals surface area contributed by atoms with Gasteiger partial charge < -0.3 is 15.6 Å². The predicted molar refractivity (Wildman–Crippen MR) is 82.7 cm³/mol. The molecule has 0 bridgehead atoms. The van der Waals surface area contributed by atoms with Crippen molar-refractivity contribution in [1.82, 2.24) is 0 Å². The molecule has 3 aliphatic carbocycles. The van der Waals surface area contributed by atoms with E-state index < -0.39 is 0 Å². The summed E-state index contributed by atoms with van der Waals surface area (Å²) in [6, 6.07) is 0.301. The van der Waals surface area contributed by atoms with E-state index in [1.165, 1.54) is 12.0 Å². The summed E-state index contributed by atoms with van der Waals surface area (Å²) in [6.07, 6.45) is 9.01. The number of rotatable bonds is 0. The van der Waals surface area contributed by atoms with Gasteiger partial charge in [0.2, 0.25) is 0 Å². The molecule has 3 nitrogen and oxygen atoms in total. The summed E-state index contributed by atoms with van der Waals surface area (Å²) < 4.78 is 6.47. The Kier molecular flexibility index (Phi) is 3.09. The first-order valence-electron chi connectivity index (χ1n) is 8.70. The molecule has 1 aliphatic heterocycles. The molecule has 4 rings (SSSR count). The number of ether oxygens (including phenoxy) is 1. The summed E-state index contributed by atoms with van der Waals surface area (Å²) in [5.41, 5.74) is 8.18. The Bertz CT molecular complexity index is 476. The van der Waals surface area contributed by atoms with Gasteiger partial charge in [-0.3, -0.25) is 0 Å². The van der Waals surface area contributed by atoms with Crippen LogP contribution in [0.25, 0.3) is 0 Å². The van der Waals surface area contributed by atoms with Gasteiger partial charge in [-0.25, -0.2) is 0 Å². The summed E-state index contributed by atoms with van der Waals surface area (Å²) in [5.74, 6) is 1.34. The number of nitrogens with two attached hydrogens (primary N) is 1. The topological polar surface area (TPSA) is 55.5 Å². The number of hydrogen-bond donors (Lipinski definition) is 2. The van der Waals surface area contributed by atoms with Gasteiger partial charge >= 0.3 is 0 Å². The fourth-order valence-electron chi connectivity index (χ4n) is 5.89. The molecule has 1 saturated heterocycles. The molecule has 3 N–H and O–H groups in total. The molecule has 0 spiro atoms. The second kappa shape index (κ2) is 4.56. The molecule has 0 aromatic rings. The molecule has 1 heterocycles. The van der Waals surface area contributed by atoms with Crippen molar-refractivity contribution in [3.05, 3.63) is 11.6 Å². The van der Waals surface area contributed by atoms with Crippen molar-refractivity contribution in [2.75, 3.05) is 6.61 Å². The van der Waals surface area contributed by atoms with E-state index in [4.69, 9.17) is 10.5 Å². The minimum Gasteiger partial charge on any atom is -0.393 e. The molecule has 118 valence electrons. The van der Waals surface area contributed by atoms with E-state index in [9.17, 15) is 5.11 Å². The van der Waals surface area contributed by atoms with E-state index >= 15 is 0 Å². The molecule has 4 aliphatic rings. The van der Waals surface area contributed by atoms with Crippen LogP contribution < -0.4 is 5.73 Å². The molecule has 0 radical (unpaired) electrons. The Labute approximate surface area is 127 Å². The summed E-state index contributed by atoms with van der Waals surface area (Å²) in [7, 11) is 0. The first-order chi connectivity index (χ1) is 9.95. The molecule has 0 aromatic heterocycles. The van der Waals surface area contributed by atoms with Crippen molar-refractivity contribution in [2.24, 2.45) is 28.4 Å². The van der Waals surface area contributed by atoms with E-state index in [0.717, 1.165) is 38.7 Å². The molecule has 7 atom stereocenters. The lowest BCUT2D eigenvalue weighted by Gasteiger charge is -2.57. The quantitative estimate of drug-likeness (QED) is 0.675. The van der Waals surface area contributed by atoms with Crippen molar-refractivity contribution in [3.8, 4) is 0 Å². The molecule has 0 aromatic carbocycles. The van der Waals surface area contributed by atoms with Crippen LogP contribution in [0.1, 0.15) is 52.4 Å². The maximum Gasteiger partial charge on any atom is 0.0699 e. The van der Waals surface area contributed by atoms with Gasteiger partial charge in [0.15, 0.2) is 0 Å². The number of fused-ring (bicyclic) bond motifs is 5. The van der Waals surface area contributed by atoms with Gasteiger partial charge in [-0.2, -0.15) is 0 Å². The third-order valence-electron chi connectivity index (χ3n) is 7.41. The molecule has 0 amide bonds. The molecular formula is C18H29NO2. The van der Waals surface area contributed by atoms with Crippen LogP contribution >= 0.6 is 0 Å². The second-order valence-electron chi connectivity index (χ2n) is 8.47. The van der Waals surface area contributed by atoms with E-state index in [2.05, 4.69) is 19.9 Å². The van der Waals surface area contributed by atoms with Crippen molar-refractivity contribution in [3.63, 3.8) is 0 Å². The summed E-state index contributed by atoms with van der Waals surface area (Å²) in [6.45, 7) is 5.54. The number of hydrogen-bond acceptors (Lipinski definition) is 3. The number of aliphatic hydroxyl groups excluding tert-OH is 1. The predicted octanol–water partition coefficient (Wildman–Crippen LogP) is 2.63. The lowest BCUT2D eigenvalue weighted by Crippen LogP contribution is -2.58. The van der Waals surface area contributed by atoms with Crippen LogP contribution in [0.2, 0.25) is 0 Å². The zero-order chi connectivity index (χ0) is 14.8. The van der Waals surface area contributed by atoms with Crippen LogP contribution in [0.5, 0.6) is 0 Å². The van der Waals surface area contributed by atoms with Crippen LogP contribution in [0.3, 0.4) is 0 Å². The van der Waals surface area contributed by atoms with Crippen LogP contribution in [0.4, 0.5) is 0 Å². The van der Waals surface area contributed by atoms with Gasteiger partial charge in [0, 0.05) is 16.9 Å². The number of aliphatic hydroxyl groups is 1. The second-order valence-corrected chi connectivity index (χ2v) is 8.47. The highest BCUT2D eigenvalue weighted by Crippen LogP contribution is 2.59. The normalized spacial score (nSPS) is 56.2. The minimum absolute atomic E-state index is 0.144. The summed E-state index contributed by atoms with van der Waals surface area (Å²) in [5, 5.41) is 9.99. The van der Waals surface area contributed by atoms with Crippen molar-refractivity contribution in [2.45, 2.75) is 70.6 Å². The standard InChI is InChI=1S/C18H29NO2/c1-17-8-7-12(20)9-11(17)3-4-13-14-5-6-15(19)18(14,2)10-21-16(13)17/h3,12-16,20H,4-10,19H2,1-2H3/t12?,13-,14-,15?,16+,17-,18-/m0/s1. The first-order valence-corrected chi connectivity index (χ1v) is 8.70. The lowest BCUT2D eigenvalue weighted by molar-refractivity contribution is -0.172. The first kappa shape index (κ1) is 14.2. The molecule has 21 heavy (non-hydrogen) atoms. The summed E-state index contributed by atoms with van der Waals surface area (Å²) >= 11 is 0. The smallest absolute Gasteiger partial charge is 0.0699 e. The maximum atomic E-state index is 9.99. The fraction of sp³-hybridized carbons (Fsp3) is 0.889. The SMILES string of the molecule is C[C@]12CCC(O)CC1=CC[C@@H]1[C@H]2OC[C@]2(C)C(N)CC[C@@H]12. The van der Waals surface area contributed by atoms with Gasteiger partial charge in [0.1, 0.15) is 0 Å². The zero-order valence-electron chi connectivity index (χ0n) is 13.3. The van der Waals surface area contributed by atoms with Gasteiger partial charge in [-0.1, -0.05) is 25.5 Å². The summed E-state index contributed by atoms with van der Waals surface area (Å²) in [4.78, 5) is 0. The third kappa shape index (κ3) is 1.83. The maximum absolute atomic E-state index is 9.99. The average molecular weight is 291 g/mol. The Morgan fingerprint density at radius 1 is 1.29 bits per heavy atom. The van der Waals surface area contributed by atoms with E-state index in [0.29, 0.717) is 24.0 Å². The molecular weight excluding hydrogens is 262 g/mol. The molecule has 2 saturated carbocycles. The van der Waals surface area contributed by atoms with Crippen molar-refractivity contribution >= 4 is 0 Å². The average Bonchev–Trinajstić information content (AvgIpc) is 2.76. The zero-order valence-corrected chi connectivity index (χ0v) is 13.3. The highest BCUT2D eigenvalue weighted by Gasteiger charge is 2.59. The Hall–Kier alpha value is -0.380. The van der Waals surface area contributed by atoms with Crippen molar-refractivity contribution < 1.29 is 9.84 Å². The van der Waals surface area contributed by atoms with E-state index in [1.807, 2.05) is 0 Å². The largest absolute Gasteiger partial charge is 0.393 e. The fourth-order valence-corrected chi connectivity index (χ4v) is 5.89. The number of allylic oxidation sites excluding steroid dienone is 1. The van der Waals surface area contributed by atoms with E-state index in [1.54, 1.807) is 0 Å².